The largest absolute Gasteiger partial charge is 0.411 e. The van der Waals surface area contributed by atoms with E-state index in [2.05, 4.69) is 14.4 Å². The molecule has 0 amide bonds. The molecule has 1 aromatic carbocycles. The smallest absolute Gasteiger partial charge is 0.297 e. The fourth-order valence-electron chi connectivity index (χ4n) is 1.48. The van der Waals surface area contributed by atoms with Crippen LogP contribution < -0.4 is 0 Å². The molecule has 0 radical (unpaired) electrons. The zero-order valence-electron chi connectivity index (χ0n) is 10.7. The first-order valence-electron chi connectivity index (χ1n) is 5.60. The van der Waals surface area contributed by atoms with Crippen LogP contribution in [0.5, 0.6) is 0 Å². The second-order valence-electron chi connectivity index (χ2n) is 3.67. The molecule has 0 atom stereocenters. The van der Waals surface area contributed by atoms with Gasteiger partial charge in [0, 0.05) is 5.75 Å². The molecule has 21 heavy (non-hydrogen) atoms. The molecular weight excluding hydrogens is 326 g/mol. The Morgan fingerprint density at radius 1 is 1.38 bits per heavy atom. The molecule has 0 saturated heterocycles. The number of benzene rings is 1. The quantitative estimate of drug-likeness (QED) is 0.591. The fraction of sp³-hybridized carbons (Fsp3) is 0.273. The average Bonchev–Trinajstić information content (AvgIpc) is 2.93. The predicted molar refractivity (Wildman–Crippen MR) is 70.6 cm³/mol. The van der Waals surface area contributed by atoms with Crippen LogP contribution in [0.15, 0.2) is 32.7 Å². The molecule has 6 nitrogen and oxygen atoms in total. The summed E-state index contributed by atoms with van der Waals surface area (Å²) in [5.74, 6) is -0.740. The first-order chi connectivity index (χ1) is 9.97. The van der Waals surface area contributed by atoms with E-state index in [0.29, 0.717) is 0 Å². The molecule has 0 saturated carbocycles. The molecule has 0 bridgehead atoms. The summed E-state index contributed by atoms with van der Waals surface area (Å²) in [5.41, 5.74) is -0.114. The van der Waals surface area contributed by atoms with Gasteiger partial charge in [0.15, 0.2) is 0 Å². The zero-order chi connectivity index (χ0) is 15.5. The van der Waals surface area contributed by atoms with Gasteiger partial charge >= 0.3 is 0 Å². The van der Waals surface area contributed by atoms with Crippen molar-refractivity contribution in [3.63, 3.8) is 0 Å². The molecule has 0 fully saturated rings. The van der Waals surface area contributed by atoms with Crippen molar-refractivity contribution in [2.75, 3.05) is 19.5 Å². The van der Waals surface area contributed by atoms with E-state index in [1.807, 2.05) is 0 Å². The molecule has 2 rings (SSSR count). The molecule has 114 valence electrons. The lowest BCUT2D eigenvalue weighted by atomic mass is 10.2. The van der Waals surface area contributed by atoms with Crippen LogP contribution in [-0.2, 0) is 14.3 Å². The number of hydrogen-bond donors (Lipinski definition) is 0. The van der Waals surface area contributed by atoms with Crippen molar-refractivity contribution in [3.8, 4) is 11.5 Å². The Bertz CT molecular complexity index is 734. The van der Waals surface area contributed by atoms with Crippen LogP contribution in [0, 0.1) is 5.82 Å². The summed E-state index contributed by atoms with van der Waals surface area (Å²) in [6, 6.07) is 2.97. The van der Waals surface area contributed by atoms with Crippen molar-refractivity contribution in [2.24, 2.45) is 0 Å². The minimum atomic E-state index is -4.06. The third-order valence-electron chi connectivity index (χ3n) is 2.37. The van der Waals surface area contributed by atoms with E-state index in [1.165, 1.54) is 0 Å². The number of hydrogen-bond acceptors (Lipinski definition) is 7. The highest BCUT2D eigenvalue weighted by Crippen LogP contribution is 2.30. The minimum Gasteiger partial charge on any atom is -0.411 e. The second-order valence-corrected chi connectivity index (χ2v) is 6.40. The van der Waals surface area contributed by atoms with Gasteiger partial charge in [-0.2, -0.15) is 8.42 Å². The van der Waals surface area contributed by atoms with Crippen molar-refractivity contribution < 1.29 is 25.8 Å². The lowest BCUT2D eigenvalue weighted by molar-refractivity contribution is 0.397. The molecule has 0 N–H and O–H groups in total. The van der Waals surface area contributed by atoms with E-state index in [9.17, 15) is 17.2 Å². The molecular formula is C11H10F2N2O4S2. The molecule has 0 spiro atoms. The third kappa shape index (κ3) is 3.57. The van der Waals surface area contributed by atoms with Crippen molar-refractivity contribution in [2.45, 2.75) is 10.1 Å². The van der Waals surface area contributed by atoms with E-state index in [1.54, 1.807) is 0 Å². The summed E-state index contributed by atoms with van der Waals surface area (Å²) in [4.78, 5) is -0.294. The standard InChI is InChI=1S/C11H10F2N2O4S2/c1-18-21(16,17)9-3-2-7(13)6-8(9)10-14-15-11(19-10)20-5-4-12/h2-3,6H,4-5H2,1H3. The maximum absolute atomic E-state index is 13.4. The van der Waals surface area contributed by atoms with Crippen LogP contribution >= 0.6 is 11.8 Å². The number of alkyl halides is 1. The van der Waals surface area contributed by atoms with Gasteiger partial charge in [-0.25, -0.2) is 4.39 Å². The summed E-state index contributed by atoms with van der Waals surface area (Å²) >= 11 is 0.969. The predicted octanol–water partition coefficient (Wildman–Crippen LogP) is 2.27. The Kier molecular flexibility index (Phi) is 4.91. The summed E-state index contributed by atoms with van der Waals surface area (Å²) in [7, 11) is -3.08. The fourth-order valence-corrected chi connectivity index (χ4v) is 2.80. The summed E-state index contributed by atoms with van der Waals surface area (Å²) < 4.78 is 58.6. The van der Waals surface area contributed by atoms with E-state index >= 15 is 0 Å². The Labute approximate surface area is 123 Å². The Balaban J connectivity index is 2.47. The Hall–Kier alpha value is -1.52. The minimum absolute atomic E-state index is 0.0627. The van der Waals surface area contributed by atoms with E-state index in [4.69, 9.17) is 4.42 Å². The highest BCUT2D eigenvalue weighted by atomic mass is 32.2. The van der Waals surface area contributed by atoms with Crippen LogP contribution in [0.1, 0.15) is 0 Å². The molecule has 2 aromatic rings. The van der Waals surface area contributed by atoms with Crippen LogP contribution in [-0.4, -0.2) is 38.2 Å². The highest BCUT2D eigenvalue weighted by Gasteiger charge is 2.23. The van der Waals surface area contributed by atoms with Crippen LogP contribution in [0.4, 0.5) is 8.78 Å². The summed E-state index contributed by atoms with van der Waals surface area (Å²) in [5, 5.41) is 7.34. The van der Waals surface area contributed by atoms with Gasteiger partial charge in [-0.3, -0.25) is 8.57 Å². The maximum atomic E-state index is 13.4. The number of thioether (sulfide) groups is 1. The zero-order valence-corrected chi connectivity index (χ0v) is 12.4. The maximum Gasteiger partial charge on any atom is 0.297 e. The van der Waals surface area contributed by atoms with Gasteiger partial charge in [0.25, 0.3) is 15.3 Å². The molecule has 1 heterocycles. The van der Waals surface area contributed by atoms with Crippen molar-refractivity contribution in [1.29, 1.82) is 0 Å². The average molecular weight is 336 g/mol. The van der Waals surface area contributed by atoms with Crippen molar-refractivity contribution in [1.82, 2.24) is 10.2 Å². The van der Waals surface area contributed by atoms with Gasteiger partial charge in [-0.05, 0) is 18.2 Å². The molecule has 0 aliphatic rings. The Morgan fingerprint density at radius 2 is 2.14 bits per heavy atom. The number of rotatable bonds is 6. The van der Waals surface area contributed by atoms with Gasteiger partial charge in [-0.1, -0.05) is 11.8 Å². The van der Waals surface area contributed by atoms with E-state index in [0.717, 1.165) is 37.1 Å². The first-order valence-corrected chi connectivity index (χ1v) is 8.00. The molecule has 0 unspecified atom stereocenters. The lowest BCUT2D eigenvalue weighted by Gasteiger charge is -2.05. The summed E-state index contributed by atoms with van der Waals surface area (Å²) in [6.07, 6.45) is 0. The third-order valence-corrected chi connectivity index (χ3v) is 4.47. The molecule has 1 aromatic heterocycles. The molecule has 0 aliphatic carbocycles. The number of nitrogens with zero attached hydrogens (tertiary/aromatic N) is 2. The van der Waals surface area contributed by atoms with Crippen molar-refractivity contribution in [3.05, 3.63) is 24.0 Å². The Morgan fingerprint density at radius 3 is 2.81 bits per heavy atom. The first kappa shape index (κ1) is 15.9. The van der Waals surface area contributed by atoms with Gasteiger partial charge in [0.05, 0.1) is 19.3 Å². The summed E-state index contributed by atoms with van der Waals surface area (Å²) in [6.45, 7) is -0.578. The highest BCUT2D eigenvalue weighted by molar-refractivity contribution is 7.99. The van der Waals surface area contributed by atoms with Crippen LogP contribution in [0.25, 0.3) is 11.5 Å². The van der Waals surface area contributed by atoms with Gasteiger partial charge in [0.2, 0.25) is 5.89 Å². The molecule has 0 aliphatic heterocycles. The number of halogens is 2. The lowest BCUT2D eigenvalue weighted by Crippen LogP contribution is -2.05. The van der Waals surface area contributed by atoms with E-state index < -0.39 is 22.6 Å². The van der Waals surface area contributed by atoms with Gasteiger partial charge < -0.3 is 4.42 Å². The van der Waals surface area contributed by atoms with Gasteiger partial charge in [0.1, 0.15) is 10.7 Å². The van der Waals surface area contributed by atoms with Crippen LogP contribution in [0.2, 0.25) is 0 Å². The van der Waals surface area contributed by atoms with Crippen LogP contribution in [0.3, 0.4) is 0 Å². The van der Waals surface area contributed by atoms with E-state index in [-0.39, 0.29) is 27.3 Å². The topological polar surface area (TPSA) is 82.3 Å². The van der Waals surface area contributed by atoms with Crippen molar-refractivity contribution >= 4 is 21.9 Å². The second kappa shape index (κ2) is 6.50. The SMILES string of the molecule is COS(=O)(=O)c1ccc(F)cc1-c1nnc(SCCF)o1. The monoisotopic (exact) mass is 336 g/mol. The molecule has 10 heteroatoms. The normalized spacial score (nSPS) is 11.8. The number of aromatic nitrogens is 2. The van der Waals surface area contributed by atoms with Gasteiger partial charge in [-0.15, -0.1) is 10.2 Å².